The number of benzene rings is 1. The van der Waals surface area contributed by atoms with Crippen LogP contribution in [-0.4, -0.2) is 29.4 Å². The second-order valence-corrected chi connectivity index (χ2v) is 4.35. The molecular formula is C13H16N2O5. The second kappa shape index (κ2) is 7.22. The van der Waals surface area contributed by atoms with Crippen molar-refractivity contribution in [2.45, 2.75) is 26.4 Å². The van der Waals surface area contributed by atoms with Gasteiger partial charge in [0.05, 0.1) is 17.4 Å². The third-order valence-corrected chi connectivity index (χ3v) is 2.32. The third kappa shape index (κ3) is 5.05. The highest BCUT2D eigenvalue weighted by Crippen LogP contribution is 2.11. The molecule has 0 saturated heterocycles. The van der Waals surface area contributed by atoms with Gasteiger partial charge >= 0.3 is 5.97 Å². The summed E-state index contributed by atoms with van der Waals surface area (Å²) in [5.41, 5.74) is 0.217. The topological polar surface area (TPSA) is 98.5 Å². The number of hydrogen-bond donors (Lipinski definition) is 1. The highest BCUT2D eigenvalue weighted by Gasteiger charge is 2.10. The molecule has 0 bridgehead atoms. The summed E-state index contributed by atoms with van der Waals surface area (Å²) in [6, 6.07) is 5.23. The molecule has 0 fully saturated rings. The summed E-state index contributed by atoms with van der Waals surface area (Å²) >= 11 is 0. The van der Waals surface area contributed by atoms with E-state index < -0.39 is 10.8 Å². The average molecular weight is 280 g/mol. The van der Waals surface area contributed by atoms with Crippen LogP contribution in [0.15, 0.2) is 24.3 Å². The van der Waals surface area contributed by atoms with E-state index in [-0.39, 0.29) is 30.7 Å². The van der Waals surface area contributed by atoms with E-state index in [0.29, 0.717) is 5.56 Å². The minimum Gasteiger partial charge on any atom is -0.463 e. The minimum atomic E-state index is -0.538. The molecule has 1 N–H and O–H groups in total. The predicted octanol–water partition coefficient (Wildman–Crippen LogP) is 1.67. The number of hydrogen-bond acceptors (Lipinski definition) is 5. The lowest BCUT2D eigenvalue weighted by atomic mass is 10.2. The minimum absolute atomic E-state index is 0.0803. The van der Waals surface area contributed by atoms with E-state index in [9.17, 15) is 19.7 Å². The number of carbonyl (C=O) groups excluding carboxylic acids is 2. The Balaban J connectivity index is 2.43. The van der Waals surface area contributed by atoms with Crippen LogP contribution in [0.1, 0.15) is 30.6 Å². The molecule has 0 saturated carbocycles. The van der Waals surface area contributed by atoms with Crippen molar-refractivity contribution in [3.05, 3.63) is 39.9 Å². The Bertz CT molecular complexity index is 496. The van der Waals surface area contributed by atoms with E-state index in [1.54, 1.807) is 13.8 Å². The first-order valence-corrected chi connectivity index (χ1v) is 6.12. The van der Waals surface area contributed by atoms with Gasteiger partial charge in [-0.3, -0.25) is 19.7 Å². The van der Waals surface area contributed by atoms with Gasteiger partial charge in [-0.25, -0.2) is 0 Å². The van der Waals surface area contributed by atoms with Crippen LogP contribution < -0.4 is 5.32 Å². The Kier molecular flexibility index (Phi) is 5.64. The van der Waals surface area contributed by atoms with E-state index in [1.165, 1.54) is 24.3 Å². The van der Waals surface area contributed by atoms with Crippen LogP contribution in [0.2, 0.25) is 0 Å². The van der Waals surface area contributed by atoms with E-state index in [1.807, 2.05) is 0 Å². The zero-order chi connectivity index (χ0) is 15.1. The molecule has 0 aliphatic heterocycles. The summed E-state index contributed by atoms with van der Waals surface area (Å²) < 4.78 is 4.91. The van der Waals surface area contributed by atoms with Crippen molar-refractivity contribution in [2.24, 2.45) is 0 Å². The van der Waals surface area contributed by atoms with Gasteiger partial charge < -0.3 is 10.1 Å². The number of nitro benzene ring substituents is 1. The maximum absolute atomic E-state index is 11.7. The average Bonchev–Trinajstić information content (AvgIpc) is 2.37. The summed E-state index contributed by atoms with van der Waals surface area (Å²) in [5.74, 6) is -0.777. The fourth-order valence-corrected chi connectivity index (χ4v) is 1.44. The zero-order valence-corrected chi connectivity index (χ0v) is 11.3. The summed E-state index contributed by atoms with van der Waals surface area (Å²) in [4.78, 5) is 32.9. The van der Waals surface area contributed by atoms with E-state index >= 15 is 0 Å². The van der Waals surface area contributed by atoms with E-state index in [2.05, 4.69) is 5.32 Å². The highest BCUT2D eigenvalue weighted by molar-refractivity contribution is 5.94. The van der Waals surface area contributed by atoms with Crippen molar-refractivity contribution < 1.29 is 19.2 Å². The van der Waals surface area contributed by atoms with Gasteiger partial charge in [0.1, 0.15) is 0 Å². The maximum Gasteiger partial charge on any atom is 0.307 e. The van der Waals surface area contributed by atoms with E-state index in [0.717, 1.165) is 0 Å². The lowest BCUT2D eigenvalue weighted by Crippen LogP contribution is -2.27. The Hall–Kier alpha value is -2.44. The van der Waals surface area contributed by atoms with Gasteiger partial charge in [-0.15, -0.1) is 0 Å². The third-order valence-electron chi connectivity index (χ3n) is 2.32. The number of nitrogens with one attached hydrogen (secondary N) is 1. The Morgan fingerprint density at radius 2 is 1.90 bits per heavy atom. The molecular weight excluding hydrogens is 264 g/mol. The van der Waals surface area contributed by atoms with Gasteiger partial charge in [0.25, 0.3) is 11.6 Å². The Morgan fingerprint density at radius 1 is 1.30 bits per heavy atom. The molecule has 20 heavy (non-hydrogen) atoms. The predicted molar refractivity (Wildman–Crippen MR) is 71.3 cm³/mol. The molecule has 1 aromatic rings. The molecule has 1 rings (SSSR count). The van der Waals surface area contributed by atoms with Crippen molar-refractivity contribution in [1.82, 2.24) is 5.32 Å². The van der Waals surface area contributed by atoms with Crippen LogP contribution in [0.4, 0.5) is 5.69 Å². The van der Waals surface area contributed by atoms with Crippen LogP contribution in [0.5, 0.6) is 0 Å². The molecule has 0 aliphatic rings. The highest BCUT2D eigenvalue weighted by atomic mass is 16.6. The van der Waals surface area contributed by atoms with Gasteiger partial charge in [0, 0.05) is 24.2 Å². The number of esters is 1. The van der Waals surface area contributed by atoms with Gasteiger partial charge in [0.2, 0.25) is 0 Å². The van der Waals surface area contributed by atoms with Crippen LogP contribution in [0.25, 0.3) is 0 Å². The number of ether oxygens (including phenoxy) is 1. The molecule has 7 nitrogen and oxygen atoms in total. The molecule has 0 heterocycles. The van der Waals surface area contributed by atoms with Gasteiger partial charge in [-0.2, -0.15) is 0 Å². The van der Waals surface area contributed by atoms with Gasteiger partial charge in [0.15, 0.2) is 0 Å². The molecule has 0 aromatic heterocycles. The Morgan fingerprint density at radius 3 is 2.40 bits per heavy atom. The Labute approximate surface area is 116 Å². The smallest absolute Gasteiger partial charge is 0.307 e. The normalized spacial score (nSPS) is 10.2. The second-order valence-electron chi connectivity index (χ2n) is 4.35. The van der Waals surface area contributed by atoms with E-state index in [4.69, 9.17) is 4.74 Å². The van der Waals surface area contributed by atoms with Gasteiger partial charge in [-0.05, 0) is 26.0 Å². The number of amides is 1. The fraction of sp³-hybridized carbons (Fsp3) is 0.385. The summed E-state index contributed by atoms with van der Waals surface area (Å²) in [6.07, 6.45) is -0.107. The molecule has 1 aromatic carbocycles. The molecule has 0 unspecified atom stereocenters. The number of rotatable bonds is 6. The molecule has 108 valence electrons. The summed E-state index contributed by atoms with van der Waals surface area (Å²) in [5, 5.41) is 13.0. The summed E-state index contributed by atoms with van der Waals surface area (Å²) in [7, 11) is 0. The van der Waals surface area contributed by atoms with Crippen LogP contribution in [-0.2, 0) is 9.53 Å². The van der Waals surface area contributed by atoms with Crippen molar-refractivity contribution in [2.75, 3.05) is 6.54 Å². The monoisotopic (exact) mass is 280 g/mol. The largest absolute Gasteiger partial charge is 0.463 e. The van der Waals surface area contributed by atoms with Crippen molar-refractivity contribution >= 4 is 17.6 Å². The number of carbonyl (C=O) groups is 2. The molecule has 0 spiro atoms. The standard InChI is InChI=1S/C13H16N2O5/c1-9(2)20-12(16)7-8-14-13(17)10-3-5-11(6-4-10)15(18)19/h3-6,9H,7-8H2,1-2H3,(H,14,17). The van der Waals surface area contributed by atoms with Gasteiger partial charge in [-0.1, -0.05) is 0 Å². The van der Waals surface area contributed by atoms with Crippen molar-refractivity contribution in [3.63, 3.8) is 0 Å². The van der Waals surface area contributed by atoms with Crippen molar-refractivity contribution in [3.8, 4) is 0 Å². The quantitative estimate of drug-likeness (QED) is 0.485. The SMILES string of the molecule is CC(C)OC(=O)CCNC(=O)c1ccc([N+](=O)[O-])cc1. The number of nitro groups is 1. The lowest BCUT2D eigenvalue weighted by Gasteiger charge is -2.08. The number of non-ortho nitro benzene ring substituents is 1. The molecule has 0 aliphatic carbocycles. The number of nitrogens with zero attached hydrogens (tertiary/aromatic N) is 1. The summed E-state index contributed by atoms with van der Waals surface area (Å²) in [6.45, 7) is 3.64. The van der Waals surface area contributed by atoms with Crippen molar-refractivity contribution in [1.29, 1.82) is 0 Å². The lowest BCUT2D eigenvalue weighted by molar-refractivity contribution is -0.384. The van der Waals surface area contributed by atoms with Crippen LogP contribution in [0, 0.1) is 10.1 Å². The van der Waals surface area contributed by atoms with Crippen LogP contribution in [0.3, 0.4) is 0 Å². The first-order valence-electron chi connectivity index (χ1n) is 6.12. The van der Waals surface area contributed by atoms with Crippen LogP contribution >= 0.6 is 0 Å². The molecule has 1 amide bonds. The zero-order valence-electron chi connectivity index (χ0n) is 11.3. The first kappa shape index (κ1) is 15.6. The fourth-order valence-electron chi connectivity index (χ4n) is 1.44. The first-order chi connectivity index (χ1) is 9.40. The molecule has 0 radical (unpaired) electrons. The molecule has 0 atom stereocenters. The maximum atomic E-state index is 11.7. The molecule has 7 heteroatoms.